The van der Waals surface area contributed by atoms with Gasteiger partial charge in [0.1, 0.15) is 11.7 Å². The van der Waals surface area contributed by atoms with Crippen molar-refractivity contribution >= 4 is 28.9 Å². The number of aliphatic hydroxyl groups excluding tert-OH is 1. The number of rotatable bonds is 2. The summed E-state index contributed by atoms with van der Waals surface area (Å²) in [5.41, 5.74) is 5.50. The second-order valence-corrected chi connectivity index (χ2v) is 5.00. The highest BCUT2D eigenvalue weighted by atomic mass is 32.2. The Kier molecular flexibility index (Phi) is 2.73. The van der Waals surface area contributed by atoms with Crippen molar-refractivity contribution < 1.29 is 9.84 Å². The van der Waals surface area contributed by atoms with Crippen LogP contribution in [0.2, 0.25) is 0 Å². The molecule has 1 aliphatic heterocycles. The molecule has 4 N–H and O–H groups in total. The van der Waals surface area contributed by atoms with Crippen LogP contribution in [-0.2, 0) is 4.74 Å². The number of nitrogens with zero attached hydrogens (tertiary/aromatic N) is 3. The third kappa shape index (κ3) is 1.76. The highest BCUT2D eigenvalue weighted by Gasteiger charge is 2.28. The maximum absolute atomic E-state index is 11.6. The molecule has 0 aromatic carbocycles. The average molecular weight is 269 g/mol. The number of aliphatic hydroxyl groups is 1. The Morgan fingerprint density at radius 3 is 3.28 bits per heavy atom. The molecule has 0 saturated carbocycles. The van der Waals surface area contributed by atoms with Crippen LogP contribution in [0.4, 0.5) is 5.95 Å². The molecule has 2 aromatic heterocycles. The summed E-state index contributed by atoms with van der Waals surface area (Å²) in [6.45, 7) is -0.0516. The Bertz CT molecular complexity index is 639. The monoisotopic (exact) mass is 269 g/mol. The molecule has 0 aliphatic carbocycles. The lowest BCUT2D eigenvalue weighted by molar-refractivity contribution is -0.00190. The Hall–Kier alpha value is -1.58. The maximum Gasteiger partial charge on any atom is 0.280 e. The van der Waals surface area contributed by atoms with E-state index in [4.69, 9.17) is 15.6 Å². The number of H-pyrrole nitrogens is 1. The van der Waals surface area contributed by atoms with Gasteiger partial charge in [0.15, 0.2) is 11.2 Å². The van der Waals surface area contributed by atoms with Crippen molar-refractivity contribution in [3.05, 3.63) is 16.7 Å². The lowest BCUT2D eigenvalue weighted by atomic mass is 10.5. The van der Waals surface area contributed by atoms with Gasteiger partial charge in [-0.1, -0.05) is 0 Å². The summed E-state index contributed by atoms with van der Waals surface area (Å²) in [6, 6.07) is 0. The number of aromatic nitrogens is 4. The van der Waals surface area contributed by atoms with Gasteiger partial charge in [0.05, 0.1) is 12.9 Å². The molecule has 0 bridgehead atoms. The van der Waals surface area contributed by atoms with Crippen LogP contribution in [0.25, 0.3) is 11.2 Å². The fraction of sp³-hybridized carbons (Fsp3) is 0.444. The van der Waals surface area contributed by atoms with Gasteiger partial charge in [0, 0.05) is 5.75 Å². The molecule has 2 atom stereocenters. The third-order valence-electron chi connectivity index (χ3n) is 2.64. The van der Waals surface area contributed by atoms with Crippen molar-refractivity contribution in [3.63, 3.8) is 0 Å². The van der Waals surface area contributed by atoms with Gasteiger partial charge in [-0.2, -0.15) is 4.98 Å². The van der Waals surface area contributed by atoms with E-state index >= 15 is 0 Å². The van der Waals surface area contributed by atoms with Gasteiger partial charge < -0.3 is 15.6 Å². The summed E-state index contributed by atoms with van der Waals surface area (Å²) in [5, 5.41) is 9.02. The van der Waals surface area contributed by atoms with Crippen LogP contribution in [0, 0.1) is 0 Å². The largest absolute Gasteiger partial charge is 0.393 e. The number of nitrogens with two attached hydrogens (primary N) is 1. The molecule has 0 radical (unpaired) electrons. The van der Waals surface area contributed by atoms with Crippen LogP contribution in [0.3, 0.4) is 0 Å². The summed E-state index contributed by atoms with van der Waals surface area (Å²) >= 11 is 1.50. The molecular formula is C9H11N5O3S. The molecule has 8 nitrogen and oxygen atoms in total. The number of ether oxygens (including phenoxy) is 1. The second-order valence-electron chi connectivity index (χ2n) is 3.81. The van der Waals surface area contributed by atoms with Crippen molar-refractivity contribution in [2.24, 2.45) is 0 Å². The highest BCUT2D eigenvalue weighted by Crippen LogP contribution is 2.32. The topological polar surface area (TPSA) is 119 Å². The smallest absolute Gasteiger partial charge is 0.280 e. The Balaban J connectivity index is 2.05. The van der Waals surface area contributed by atoms with E-state index in [0.717, 1.165) is 0 Å². The first kappa shape index (κ1) is 11.5. The number of aromatic amines is 1. The fourth-order valence-corrected chi connectivity index (χ4v) is 2.77. The molecular weight excluding hydrogens is 258 g/mol. The van der Waals surface area contributed by atoms with Crippen molar-refractivity contribution in [2.75, 3.05) is 18.1 Å². The van der Waals surface area contributed by atoms with E-state index in [2.05, 4.69) is 15.0 Å². The van der Waals surface area contributed by atoms with Crippen LogP contribution in [0.5, 0.6) is 0 Å². The summed E-state index contributed by atoms with van der Waals surface area (Å²) < 4.78 is 7.24. The quantitative estimate of drug-likeness (QED) is 0.658. The van der Waals surface area contributed by atoms with E-state index < -0.39 is 0 Å². The van der Waals surface area contributed by atoms with Gasteiger partial charge in [-0.05, 0) is 0 Å². The van der Waals surface area contributed by atoms with Crippen LogP contribution >= 0.6 is 11.8 Å². The van der Waals surface area contributed by atoms with Crippen LogP contribution in [-0.4, -0.2) is 42.4 Å². The van der Waals surface area contributed by atoms with Gasteiger partial charge in [-0.15, -0.1) is 11.8 Å². The second kappa shape index (κ2) is 4.26. The van der Waals surface area contributed by atoms with Crippen LogP contribution in [0.15, 0.2) is 11.1 Å². The van der Waals surface area contributed by atoms with E-state index in [1.807, 2.05) is 0 Å². The summed E-state index contributed by atoms with van der Waals surface area (Å²) in [4.78, 5) is 22.1. The van der Waals surface area contributed by atoms with Gasteiger partial charge in [-0.25, -0.2) is 4.98 Å². The van der Waals surface area contributed by atoms with Crippen molar-refractivity contribution in [1.29, 1.82) is 0 Å². The predicted octanol–water partition coefficient (Wildman–Crippen LogP) is -0.718. The Morgan fingerprint density at radius 1 is 1.72 bits per heavy atom. The zero-order valence-corrected chi connectivity index (χ0v) is 10.1. The number of hydrogen-bond donors (Lipinski definition) is 3. The summed E-state index contributed by atoms with van der Waals surface area (Å²) in [6.07, 6.45) is 1.20. The molecule has 2 aromatic rings. The van der Waals surface area contributed by atoms with Crippen molar-refractivity contribution in [1.82, 2.24) is 19.5 Å². The highest BCUT2D eigenvalue weighted by molar-refractivity contribution is 8.00. The van der Waals surface area contributed by atoms with E-state index in [0.29, 0.717) is 11.4 Å². The minimum absolute atomic E-state index is 0.0404. The van der Waals surface area contributed by atoms with Gasteiger partial charge in [0.2, 0.25) is 5.95 Å². The van der Waals surface area contributed by atoms with Gasteiger partial charge >= 0.3 is 0 Å². The molecule has 0 spiro atoms. The normalized spacial score (nSPS) is 23.8. The molecule has 0 unspecified atom stereocenters. The van der Waals surface area contributed by atoms with E-state index in [1.54, 1.807) is 4.57 Å². The minimum Gasteiger partial charge on any atom is -0.393 e. The van der Waals surface area contributed by atoms with Gasteiger partial charge in [0.25, 0.3) is 5.56 Å². The molecule has 0 amide bonds. The first-order valence-corrected chi connectivity index (χ1v) is 6.34. The SMILES string of the molecule is Nc1nc2c(ncn2[C@H]2CS[C@H](CO)O2)c(=O)[nH]1. The fourth-order valence-electron chi connectivity index (χ4n) is 1.84. The number of nitrogens with one attached hydrogen (secondary N) is 1. The Labute approximate surface area is 105 Å². The molecule has 3 heterocycles. The summed E-state index contributed by atoms with van der Waals surface area (Å²) in [5.74, 6) is 0.698. The van der Waals surface area contributed by atoms with Crippen LogP contribution < -0.4 is 11.3 Å². The predicted molar refractivity (Wildman–Crippen MR) is 66.0 cm³/mol. The maximum atomic E-state index is 11.6. The Morgan fingerprint density at radius 2 is 2.56 bits per heavy atom. The molecule has 9 heteroatoms. The molecule has 3 rings (SSSR count). The van der Waals surface area contributed by atoms with E-state index in [1.165, 1.54) is 18.1 Å². The first-order valence-electron chi connectivity index (χ1n) is 5.29. The molecule has 1 saturated heterocycles. The molecule has 1 fully saturated rings. The minimum atomic E-state index is -0.374. The number of anilines is 1. The summed E-state index contributed by atoms with van der Waals surface area (Å²) in [7, 11) is 0. The number of nitrogen functional groups attached to an aromatic ring is 1. The third-order valence-corrected chi connectivity index (χ3v) is 3.75. The average Bonchev–Trinajstić information content (AvgIpc) is 2.93. The number of imidazole rings is 1. The lowest BCUT2D eigenvalue weighted by Crippen LogP contribution is -2.16. The number of fused-ring (bicyclic) bond motifs is 1. The van der Waals surface area contributed by atoms with Crippen molar-refractivity contribution in [2.45, 2.75) is 11.7 Å². The zero-order valence-electron chi connectivity index (χ0n) is 9.24. The van der Waals surface area contributed by atoms with Crippen LogP contribution in [0.1, 0.15) is 6.23 Å². The lowest BCUT2D eigenvalue weighted by Gasteiger charge is -2.12. The van der Waals surface area contributed by atoms with Crippen molar-refractivity contribution in [3.8, 4) is 0 Å². The molecule has 1 aliphatic rings. The number of hydrogen-bond acceptors (Lipinski definition) is 7. The first-order chi connectivity index (χ1) is 8.69. The molecule has 96 valence electrons. The molecule has 18 heavy (non-hydrogen) atoms. The van der Waals surface area contributed by atoms with E-state index in [-0.39, 0.29) is 35.3 Å². The zero-order chi connectivity index (χ0) is 12.7. The standard InChI is InChI=1S/C9H11N5O3S/c10-9-12-7-6(8(16)13-9)11-3-14(7)4-2-18-5(1-15)17-4/h3-5,15H,1-2H2,(H3,10,12,13,16)/t4-,5-/m1/s1. The number of thioether (sulfide) groups is 1. The van der Waals surface area contributed by atoms with E-state index in [9.17, 15) is 4.79 Å². The van der Waals surface area contributed by atoms with Gasteiger partial charge in [-0.3, -0.25) is 14.3 Å².